The zero-order valence-corrected chi connectivity index (χ0v) is 22.1. The molecule has 0 fully saturated rings. The molecule has 0 saturated carbocycles. The quantitative estimate of drug-likeness (QED) is 0.213. The van der Waals surface area contributed by atoms with Crippen molar-refractivity contribution in [2.45, 2.75) is 0 Å². The molecule has 0 unspecified atom stereocenters. The van der Waals surface area contributed by atoms with Crippen LogP contribution in [0.25, 0.3) is 65.8 Å². The van der Waals surface area contributed by atoms with Crippen LogP contribution in [0, 0.1) is 0 Å². The van der Waals surface area contributed by atoms with Crippen LogP contribution >= 0.6 is 0 Å². The molecule has 2 aromatic heterocycles. The predicted molar refractivity (Wildman–Crippen MR) is 179 cm³/mol. The molecule has 0 amide bonds. The third-order valence-corrected chi connectivity index (χ3v) is 7.44. The van der Waals surface area contributed by atoms with Gasteiger partial charge in [-0.1, -0.05) is 84.7 Å². The molecule has 7 aromatic carbocycles. The monoisotopic (exact) mass is 565 g/mol. The van der Waals surface area contributed by atoms with Gasteiger partial charge in [-0.3, -0.25) is 0 Å². The SMILES string of the molecule is [2H]c1c([2H])c([2H])c(N(c2ccc(-c3c([2H])c([2H])c4c([2H])c([2H])c5oc6c([2H])c([2H])c([2H])c([2H])c6c5c4c3[2H])cc2)c2ccc3c(c2)oc2ccccc23)c([2H])c1[2H]. The third kappa shape index (κ3) is 3.83. The van der Waals surface area contributed by atoms with E-state index >= 15 is 0 Å². The van der Waals surface area contributed by atoms with Gasteiger partial charge < -0.3 is 13.7 Å². The Balaban J connectivity index is 1.29. The minimum absolute atomic E-state index is 0.0438. The molecule has 0 aliphatic rings. The van der Waals surface area contributed by atoms with E-state index in [9.17, 15) is 1.37 Å². The highest BCUT2D eigenvalue weighted by Gasteiger charge is 2.16. The Morgan fingerprint density at radius 3 is 2.12 bits per heavy atom. The predicted octanol–water partition coefficient (Wildman–Crippen LogP) is 11.8. The molecule has 43 heavy (non-hydrogen) atoms. The number of rotatable bonds is 4. The van der Waals surface area contributed by atoms with Gasteiger partial charge in [-0.15, -0.1) is 0 Å². The van der Waals surface area contributed by atoms with E-state index < -0.39 is 78.6 Å². The van der Waals surface area contributed by atoms with E-state index in [1.54, 1.807) is 36.4 Å². The number of nitrogens with zero attached hydrogens (tertiary/aromatic N) is 1. The Morgan fingerprint density at radius 1 is 0.465 bits per heavy atom. The molecule has 0 radical (unpaired) electrons. The van der Waals surface area contributed by atoms with Crippen LogP contribution in [0.2, 0.25) is 0 Å². The number of hydrogen-bond donors (Lipinski definition) is 0. The van der Waals surface area contributed by atoms with Gasteiger partial charge in [-0.05, 0) is 82.4 Å². The lowest BCUT2D eigenvalue weighted by Gasteiger charge is -2.25. The molecule has 0 spiro atoms. The average Bonchev–Trinajstić information content (AvgIpc) is 3.79. The number of anilines is 3. The molecule has 0 bridgehead atoms. The lowest BCUT2D eigenvalue weighted by molar-refractivity contribution is 0.668. The number of hydrogen-bond acceptors (Lipinski definition) is 3. The highest BCUT2D eigenvalue weighted by atomic mass is 16.3. The molecule has 2 heterocycles. The van der Waals surface area contributed by atoms with Crippen LogP contribution in [-0.4, -0.2) is 0 Å². The van der Waals surface area contributed by atoms with Crippen LogP contribution in [0.5, 0.6) is 0 Å². The lowest BCUT2D eigenvalue weighted by atomic mass is 9.98. The number of fused-ring (bicyclic) bond motifs is 8. The molecule has 9 aromatic rings. The number of benzene rings is 7. The maximum Gasteiger partial charge on any atom is 0.137 e. The van der Waals surface area contributed by atoms with Crippen molar-refractivity contribution in [3.63, 3.8) is 0 Å². The maximum absolute atomic E-state index is 9.44. The van der Waals surface area contributed by atoms with Crippen LogP contribution < -0.4 is 4.90 Å². The Morgan fingerprint density at radius 2 is 1.21 bits per heavy atom. The zero-order valence-electron chi connectivity index (χ0n) is 36.1. The number of furan rings is 2. The summed E-state index contributed by atoms with van der Waals surface area (Å²) in [6, 6.07) is 12.1. The zero-order chi connectivity index (χ0) is 40.5. The molecular weight excluding hydrogens is 526 g/mol. The Hall–Kier alpha value is -5.80. The van der Waals surface area contributed by atoms with Gasteiger partial charge in [0.2, 0.25) is 0 Å². The fraction of sp³-hybridized carbons (Fsp3) is 0. The second-order valence-electron chi connectivity index (χ2n) is 9.89. The summed E-state index contributed by atoms with van der Waals surface area (Å²) in [5.74, 6) is 0. The van der Waals surface area contributed by atoms with E-state index in [-0.39, 0.29) is 55.6 Å². The van der Waals surface area contributed by atoms with Crippen molar-refractivity contribution < 1.29 is 28.0 Å². The Labute approximate surface area is 267 Å². The van der Waals surface area contributed by atoms with E-state index in [2.05, 4.69) is 0 Å². The van der Waals surface area contributed by atoms with Crippen molar-refractivity contribution in [1.82, 2.24) is 0 Å². The first-order chi connectivity index (χ1) is 27.1. The minimum atomic E-state index is -0.571. The van der Waals surface area contributed by atoms with E-state index in [0.29, 0.717) is 22.5 Å². The Kier molecular flexibility index (Phi) is 3.03. The summed E-state index contributed by atoms with van der Waals surface area (Å²) < 4.78 is 133. The second kappa shape index (κ2) is 9.37. The van der Waals surface area contributed by atoms with Crippen LogP contribution in [-0.2, 0) is 0 Å². The fourth-order valence-corrected chi connectivity index (χ4v) is 5.49. The molecule has 3 nitrogen and oxygen atoms in total. The largest absolute Gasteiger partial charge is 0.456 e. The first-order valence-electron chi connectivity index (χ1n) is 20.4. The molecule has 0 aliphatic carbocycles. The smallest absolute Gasteiger partial charge is 0.137 e. The summed E-state index contributed by atoms with van der Waals surface area (Å²) in [5.41, 5.74) is 1.43. The molecule has 9 rings (SSSR count). The number of para-hydroxylation sites is 3. The maximum atomic E-state index is 9.44. The standard InChI is InChI=1S/C40H25NO2/c1-2-8-29(9-3-1)41(31-21-22-33-32-10-4-6-12-36(32)43-39(33)25-31)30-19-16-26(17-20-30)28-15-14-27-18-23-38-40(35(27)24-28)34-11-5-7-13-37(34)42-38/h1-25H/i1D,2D,3D,5D,7D,8D,9D,11D,13D,14D,15D,18D,23D,24D. The van der Waals surface area contributed by atoms with E-state index in [4.69, 9.17) is 26.7 Å². The molecular formula is C40H25NO2. The summed E-state index contributed by atoms with van der Waals surface area (Å²) >= 11 is 0. The lowest BCUT2D eigenvalue weighted by Crippen LogP contribution is -2.09. The van der Waals surface area contributed by atoms with Crippen molar-refractivity contribution in [2.24, 2.45) is 0 Å². The van der Waals surface area contributed by atoms with Crippen molar-refractivity contribution in [3.05, 3.63) is 151 Å². The van der Waals surface area contributed by atoms with Gasteiger partial charge in [-0.25, -0.2) is 0 Å². The summed E-state index contributed by atoms with van der Waals surface area (Å²) in [6.07, 6.45) is 0. The fourth-order valence-electron chi connectivity index (χ4n) is 5.49. The van der Waals surface area contributed by atoms with E-state index in [0.717, 1.165) is 10.8 Å². The molecule has 0 aliphatic heterocycles. The molecule has 3 heteroatoms. The Bertz CT molecular complexity index is 3220. The van der Waals surface area contributed by atoms with Gasteiger partial charge in [0.15, 0.2) is 0 Å². The summed E-state index contributed by atoms with van der Waals surface area (Å²) in [6.45, 7) is 0. The van der Waals surface area contributed by atoms with Gasteiger partial charge in [0.1, 0.15) is 22.3 Å². The summed E-state index contributed by atoms with van der Waals surface area (Å²) in [4.78, 5) is 1.49. The van der Waals surface area contributed by atoms with E-state index in [1.807, 2.05) is 30.3 Å². The summed E-state index contributed by atoms with van der Waals surface area (Å²) in [5, 5.41) is 1.22. The van der Waals surface area contributed by atoms with Crippen LogP contribution in [0.4, 0.5) is 17.1 Å². The van der Waals surface area contributed by atoms with Crippen molar-refractivity contribution in [3.8, 4) is 11.1 Å². The van der Waals surface area contributed by atoms with Crippen LogP contribution in [0.1, 0.15) is 19.2 Å². The van der Waals surface area contributed by atoms with Gasteiger partial charge >= 0.3 is 0 Å². The first-order valence-corrected chi connectivity index (χ1v) is 13.4. The van der Waals surface area contributed by atoms with Crippen LogP contribution in [0.15, 0.2) is 160 Å². The highest BCUT2D eigenvalue weighted by molar-refractivity contribution is 6.19. The average molecular weight is 566 g/mol. The van der Waals surface area contributed by atoms with Gasteiger partial charge in [0.05, 0.1) is 19.2 Å². The van der Waals surface area contributed by atoms with Crippen LogP contribution in [0.3, 0.4) is 0 Å². The normalized spacial score (nSPS) is 16.3. The van der Waals surface area contributed by atoms with Crippen molar-refractivity contribution >= 4 is 71.7 Å². The highest BCUT2D eigenvalue weighted by Crippen LogP contribution is 2.40. The van der Waals surface area contributed by atoms with Crippen molar-refractivity contribution in [1.29, 1.82) is 0 Å². The summed E-state index contributed by atoms with van der Waals surface area (Å²) in [7, 11) is 0. The molecule has 0 N–H and O–H groups in total. The molecule has 202 valence electrons. The third-order valence-electron chi connectivity index (χ3n) is 7.44. The molecule has 0 atom stereocenters. The second-order valence-corrected chi connectivity index (χ2v) is 9.89. The molecule has 0 saturated heterocycles. The van der Waals surface area contributed by atoms with E-state index in [1.165, 1.54) is 4.90 Å². The topological polar surface area (TPSA) is 29.5 Å². The first kappa shape index (κ1) is 13.9. The van der Waals surface area contributed by atoms with Gasteiger partial charge in [0.25, 0.3) is 0 Å². The minimum Gasteiger partial charge on any atom is -0.456 e. The van der Waals surface area contributed by atoms with Gasteiger partial charge in [-0.2, -0.15) is 0 Å². The van der Waals surface area contributed by atoms with Gasteiger partial charge in [0, 0.05) is 44.7 Å². The van der Waals surface area contributed by atoms with Crippen molar-refractivity contribution in [2.75, 3.05) is 4.90 Å².